The number of carbonyl (C=O) groups excluding carboxylic acids is 2. The number of nitrogens with zero attached hydrogens (tertiary/aromatic N) is 1. The zero-order valence-electron chi connectivity index (χ0n) is 13.0. The zero-order valence-corrected chi connectivity index (χ0v) is 13.0. The number of carboxylic acids is 1. The number of hydrogen-bond acceptors (Lipinski definition) is 4. The number of carbonyl (C=O) groups is 3. The maximum atomic E-state index is 12.4. The minimum Gasteiger partial charge on any atom is -0.480 e. The highest BCUT2D eigenvalue weighted by Crippen LogP contribution is 2.18. The second kappa shape index (κ2) is 6.78. The number of ether oxygens (including phenoxy) is 1. The molecule has 2 N–H and O–H groups in total. The van der Waals surface area contributed by atoms with Crippen molar-refractivity contribution in [2.45, 2.75) is 64.6 Å². The summed E-state index contributed by atoms with van der Waals surface area (Å²) in [5, 5.41) is 11.5. The van der Waals surface area contributed by atoms with Gasteiger partial charge in [0.25, 0.3) is 0 Å². The first kappa shape index (κ1) is 17.3. The Morgan fingerprint density at radius 2 is 2.00 bits per heavy atom. The van der Waals surface area contributed by atoms with Gasteiger partial charge in [-0.3, -0.25) is 9.59 Å². The van der Waals surface area contributed by atoms with Gasteiger partial charge in [-0.15, -0.1) is 0 Å². The van der Waals surface area contributed by atoms with Crippen LogP contribution in [0.5, 0.6) is 0 Å². The molecule has 1 aliphatic rings. The van der Waals surface area contributed by atoms with Gasteiger partial charge < -0.3 is 20.1 Å². The summed E-state index contributed by atoms with van der Waals surface area (Å²) in [4.78, 5) is 36.3. The first-order valence-electron chi connectivity index (χ1n) is 7.12. The Morgan fingerprint density at radius 1 is 1.38 bits per heavy atom. The standard InChI is InChI=1S/C14H24N2O5/c1-9-6-5-7-10(12(19)16(9)8-11(17)18)15-13(20)21-14(2,3)4/h9-10H,5-8H2,1-4H3,(H,15,20)(H,17,18)/t9-,10+/m1/s1. The number of alkyl carbamates (subject to hydrolysis) is 1. The van der Waals surface area contributed by atoms with E-state index in [2.05, 4.69) is 5.32 Å². The molecule has 0 aromatic carbocycles. The average Bonchev–Trinajstić information content (AvgIpc) is 2.41. The van der Waals surface area contributed by atoms with E-state index in [1.54, 1.807) is 20.8 Å². The second-order valence-electron chi connectivity index (χ2n) is 6.34. The molecule has 7 nitrogen and oxygen atoms in total. The van der Waals surface area contributed by atoms with Gasteiger partial charge in [-0.05, 0) is 47.0 Å². The van der Waals surface area contributed by atoms with Crippen LogP contribution in [-0.2, 0) is 14.3 Å². The van der Waals surface area contributed by atoms with E-state index in [0.717, 1.165) is 6.42 Å². The van der Waals surface area contributed by atoms with Crippen LogP contribution in [0.2, 0.25) is 0 Å². The van der Waals surface area contributed by atoms with E-state index in [1.807, 2.05) is 6.92 Å². The van der Waals surface area contributed by atoms with Crippen LogP contribution in [0, 0.1) is 0 Å². The van der Waals surface area contributed by atoms with Gasteiger partial charge in [-0.25, -0.2) is 4.79 Å². The quantitative estimate of drug-likeness (QED) is 0.820. The van der Waals surface area contributed by atoms with E-state index in [1.165, 1.54) is 4.90 Å². The van der Waals surface area contributed by atoms with Crippen molar-refractivity contribution in [3.63, 3.8) is 0 Å². The van der Waals surface area contributed by atoms with Crippen LogP contribution in [0.1, 0.15) is 47.0 Å². The molecule has 0 aliphatic carbocycles. The van der Waals surface area contributed by atoms with Gasteiger partial charge in [0.1, 0.15) is 18.2 Å². The Morgan fingerprint density at radius 3 is 2.52 bits per heavy atom. The number of carboxylic acid groups (broad SMARTS) is 1. The molecule has 0 unspecified atom stereocenters. The highest BCUT2D eigenvalue weighted by atomic mass is 16.6. The molecule has 1 fully saturated rings. The van der Waals surface area contributed by atoms with Crippen molar-refractivity contribution in [2.24, 2.45) is 0 Å². The van der Waals surface area contributed by atoms with Crippen LogP contribution in [-0.4, -0.2) is 52.2 Å². The lowest BCUT2D eigenvalue weighted by Gasteiger charge is -2.28. The summed E-state index contributed by atoms with van der Waals surface area (Å²) in [7, 11) is 0. The number of hydrogen-bond donors (Lipinski definition) is 2. The lowest BCUT2D eigenvalue weighted by Crippen LogP contribution is -2.51. The zero-order chi connectivity index (χ0) is 16.2. The number of aliphatic carboxylic acids is 1. The van der Waals surface area contributed by atoms with Crippen LogP contribution in [0.15, 0.2) is 0 Å². The summed E-state index contributed by atoms with van der Waals surface area (Å²) in [6, 6.07) is -0.886. The number of nitrogens with one attached hydrogen (secondary N) is 1. The van der Waals surface area contributed by atoms with Gasteiger partial charge in [0, 0.05) is 6.04 Å². The predicted molar refractivity (Wildman–Crippen MR) is 75.8 cm³/mol. The van der Waals surface area contributed by atoms with Crippen molar-refractivity contribution in [1.82, 2.24) is 10.2 Å². The third kappa shape index (κ3) is 5.61. The normalized spacial score (nSPS) is 23.4. The molecule has 1 rings (SSSR count). The maximum absolute atomic E-state index is 12.4. The van der Waals surface area contributed by atoms with Gasteiger partial charge >= 0.3 is 12.1 Å². The van der Waals surface area contributed by atoms with Crippen molar-refractivity contribution < 1.29 is 24.2 Å². The minimum atomic E-state index is -1.06. The van der Waals surface area contributed by atoms with Crippen LogP contribution < -0.4 is 5.32 Å². The first-order valence-corrected chi connectivity index (χ1v) is 7.12. The highest BCUT2D eigenvalue weighted by Gasteiger charge is 2.33. The molecule has 1 aliphatic heterocycles. The van der Waals surface area contributed by atoms with E-state index in [-0.39, 0.29) is 18.5 Å². The van der Waals surface area contributed by atoms with Crippen LogP contribution in [0.4, 0.5) is 4.79 Å². The summed E-state index contributed by atoms with van der Waals surface area (Å²) in [6.45, 7) is 6.67. The van der Waals surface area contributed by atoms with E-state index < -0.39 is 23.7 Å². The Kier molecular flexibility index (Phi) is 5.57. The molecular formula is C14H24N2O5. The fraction of sp³-hybridized carbons (Fsp3) is 0.786. The summed E-state index contributed by atoms with van der Waals surface area (Å²) in [5.74, 6) is -1.43. The van der Waals surface area contributed by atoms with Gasteiger partial charge in [0.2, 0.25) is 5.91 Å². The van der Waals surface area contributed by atoms with Crippen molar-refractivity contribution in [1.29, 1.82) is 0 Å². The molecule has 1 saturated heterocycles. The van der Waals surface area contributed by atoms with Crippen molar-refractivity contribution >= 4 is 18.0 Å². The second-order valence-corrected chi connectivity index (χ2v) is 6.34. The van der Waals surface area contributed by atoms with Crippen molar-refractivity contribution in [2.75, 3.05) is 6.54 Å². The Balaban J connectivity index is 2.75. The van der Waals surface area contributed by atoms with E-state index in [4.69, 9.17) is 9.84 Å². The van der Waals surface area contributed by atoms with Gasteiger partial charge in [0.15, 0.2) is 0 Å². The molecule has 1 heterocycles. The molecule has 0 radical (unpaired) electrons. The summed E-state index contributed by atoms with van der Waals surface area (Å²) in [6.07, 6.45) is 1.28. The summed E-state index contributed by atoms with van der Waals surface area (Å²) >= 11 is 0. The van der Waals surface area contributed by atoms with Crippen LogP contribution in [0.3, 0.4) is 0 Å². The van der Waals surface area contributed by atoms with Crippen molar-refractivity contribution in [3.8, 4) is 0 Å². The molecule has 0 bridgehead atoms. The van der Waals surface area contributed by atoms with E-state index >= 15 is 0 Å². The average molecular weight is 300 g/mol. The smallest absolute Gasteiger partial charge is 0.408 e. The molecule has 2 amide bonds. The van der Waals surface area contributed by atoms with Gasteiger partial charge in [-0.2, -0.15) is 0 Å². The molecule has 0 aromatic heterocycles. The number of rotatable bonds is 3. The SMILES string of the molecule is C[C@@H]1CCC[C@H](NC(=O)OC(C)(C)C)C(=O)N1CC(=O)O. The molecular weight excluding hydrogens is 276 g/mol. The van der Waals surface area contributed by atoms with Crippen molar-refractivity contribution in [3.05, 3.63) is 0 Å². The van der Waals surface area contributed by atoms with Crippen LogP contribution >= 0.6 is 0 Å². The third-order valence-electron chi connectivity index (χ3n) is 3.22. The molecule has 7 heteroatoms. The monoisotopic (exact) mass is 300 g/mol. The number of likely N-dealkylation sites (tertiary alicyclic amines) is 1. The lowest BCUT2D eigenvalue weighted by molar-refractivity contribution is -0.146. The Labute approximate surface area is 124 Å². The Bertz CT molecular complexity index is 416. The van der Waals surface area contributed by atoms with Gasteiger partial charge in [0.05, 0.1) is 0 Å². The summed E-state index contributed by atoms with van der Waals surface area (Å²) < 4.78 is 5.14. The van der Waals surface area contributed by atoms with E-state index in [0.29, 0.717) is 12.8 Å². The highest BCUT2D eigenvalue weighted by molar-refractivity contribution is 5.88. The maximum Gasteiger partial charge on any atom is 0.408 e. The molecule has 2 atom stereocenters. The summed E-state index contributed by atoms with van der Waals surface area (Å²) in [5.41, 5.74) is -0.647. The molecule has 120 valence electrons. The molecule has 0 saturated carbocycles. The topological polar surface area (TPSA) is 95.9 Å². The fourth-order valence-electron chi connectivity index (χ4n) is 2.28. The lowest BCUT2D eigenvalue weighted by atomic mass is 10.1. The first-order chi connectivity index (χ1) is 9.60. The molecule has 0 aromatic rings. The van der Waals surface area contributed by atoms with E-state index in [9.17, 15) is 14.4 Å². The Hall–Kier alpha value is -1.79. The minimum absolute atomic E-state index is 0.154. The predicted octanol–water partition coefficient (Wildman–Crippen LogP) is 1.37. The third-order valence-corrected chi connectivity index (χ3v) is 3.22. The largest absolute Gasteiger partial charge is 0.480 e. The van der Waals surface area contributed by atoms with Gasteiger partial charge in [-0.1, -0.05) is 0 Å². The molecule has 21 heavy (non-hydrogen) atoms. The fourth-order valence-corrected chi connectivity index (χ4v) is 2.28. The van der Waals surface area contributed by atoms with Crippen LogP contribution in [0.25, 0.3) is 0 Å². The number of amides is 2. The molecule has 0 spiro atoms.